The predicted octanol–water partition coefficient (Wildman–Crippen LogP) is 4.84. The predicted molar refractivity (Wildman–Crippen MR) is 106 cm³/mol. The van der Waals surface area contributed by atoms with Gasteiger partial charge in [0.05, 0.1) is 17.6 Å². The maximum absolute atomic E-state index is 11.2. The molecule has 26 heavy (non-hydrogen) atoms. The summed E-state index contributed by atoms with van der Waals surface area (Å²) in [6.45, 7) is 0. The number of aliphatic carboxylic acids is 1. The molecule has 134 valence electrons. The summed E-state index contributed by atoms with van der Waals surface area (Å²) in [7, 11) is 2.14. The molecule has 4 rings (SSSR count). The van der Waals surface area contributed by atoms with Gasteiger partial charge in [-0.05, 0) is 42.2 Å². The molecule has 1 aliphatic rings. The molecule has 1 aliphatic carbocycles. The Bertz CT molecular complexity index is 924. The van der Waals surface area contributed by atoms with E-state index in [1.807, 2.05) is 30.3 Å². The van der Waals surface area contributed by atoms with E-state index in [9.17, 15) is 9.90 Å². The molecule has 2 N–H and O–H groups in total. The zero-order valence-corrected chi connectivity index (χ0v) is 15.0. The molecule has 2 aromatic carbocycles. The Morgan fingerprint density at radius 2 is 1.88 bits per heavy atom. The number of carboxylic acid groups (broad SMARTS) is 1. The Morgan fingerprint density at radius 3 is 2.58 bits per heavy atom. The van der Waals surface area contributed by atoms with E-state index >= 15 is 0 Å². The quantitative estimate of drug-likeness (QED) is 0.693. The Balaban J connectivity index is 1.83. The second-order valence-corrected chi connectivity index (χ2v) is 7.25. The smallest absolute Gasteiger partial charge is 0.307 e. The highest BCUT2D eigenvalue weighted by Gasteiger charge is 2.22. The summed E-state index contributed by atoms with van der Waals surface area (Å²) < 4.78 is 0. The van der Waals surface area contributed by atoms with E-state index in [1.54, 1.807) is 0 Å². The van der Waals surface area contributed by atoms with Gasteiger partial charge in [0.25, 0.3) is 0 Å². The largest absolute Gasteiger partial charge is 0.481 e. The molecule has 0 saturated heterocycles. The third-order valence-electron chi connectivity index (χ3n) is 5.46. The van der Waals surface area contributed by atoms with Crippen molar-refractivity contribution in [3.63, 3.8) is 0 Å². The second kappa shape index (κ2) is 6.87. The van der Waals surface area contributed by atoms with Crippen LogP contribution in [0.1, 0.15) is 31.2 Å². The lowest BCUT2D eigenvalue weighted by molar-refractivity contribution is -0.136. The van der Waals surface area contributed by atoms with Gasteiger partial charge in [-0.1, -0.05) is 43.2 Å². The van der Waals surface area contributed by atoms with Crippen molar-refractivity contribution in [2.45, 2.75) is 38.1 Å². The number of anilines is 1. The average Bonchev–Trinajstić information content (AvgIpc) is 3.30. The van der Waals surface area contributed by atoms with Crippen LogP contribution in [-0.4, -0.2) is 29.1 Å². The van der Waals surface area contributed by atoms with Gasteiger partial charge in [0.15, 0.2) is 0 Å². The van der Waals surface area contributed by atoms with Gasteiger partial charge in [-0.15, -0.1) is 0 Å². The van der Waals surface area contributed by atoms with Crippen LogP contribution in [0.2, 0.25) is 0 Å². The maximum atomic E-state index is 11.2. The van der Waals surface area contributed by atoms with Gasteiger partial charge < -0.3 is 15.0 Å². The molecule has 1 saturated carbocycles. The summed E-state index contributed by atoms with van der Waals surface area (Å²) in [5.74, 6) is -0.794. The lowest BCUT2D eigenvalue weighted by Crippen LogP contribution is -2.29. The first-order valence-electron chi connectivity index (χ1n) is 9.27. The van der Waals surface area contributed by atoms with Crippen molar-refractivity contribution in [3.05, 3.63) is 54.1 Å². The van der Waals surface area contributed by atoms with Crippen LogP contribution >= 0.6 is 0 Å². The van der Waals surface area contributed by atoms with Crippen LogP contribution in [0.4, 0.5) is 5.69 Å². The molecule has 4 heteroatoms. The molecule has 0 radical (unpaired) electrons. The number of benzene rings is 2. The van der Waals surface area contributed by atoms with Crippen LogP contribution in [0.3, 0.4) is 0 Å². The number of aromatic amines is 1. The van der Waals surface area contributed by atoms with Crippen LogP contribution in [0.15, 0.2) is 48.5 Å². The highest BCUT2D eigenvalue weighted by atomic mass is 16.4. The van der Waals surface area contributed by atoms with E-state index in [0.717, 1.165) is 33.4 Å². The minimum absolute atomic E-state index is 0.0489. The fraction of sp³-hybridized carbons (Fsp3) is 0.318. The van der Waals surface area contributed by atoms with Gasteiger partial charge in [0.2, 0.25) is 0 Å². The van der Waals surface area contributed by atoms with Crippen molar-refractivity contribution >= 4 is 22.6 Å². The Hall–Kier alpha value is -2.75. The van der Waals surface area contributed by atoms with E-state index in [-0.39, 0.29) is 6.42 Å². The number of rotatable bonds is 5. The number of nitrogens with zero attached hydrogens (tertiary/aromatic N) is 1. The molecule has 0 unspecified atom stereocenters. The molecule has 4 nitrogen and oxygen atoms in total. The topological polar surface area (TPSA) is 56.3 Å². The van der Waals surface area contributed by atoms with E-state index in [1.165, 1.54) is 25.7 Å². The van der Waals surface area contributed by atoms with E-state index in [2.05, 4.69) is 35.1 Å². The van der Waals surface area contributed by atoms with Crippen LogP contribution in [-0.2, 0) is 11.2 Å². The summed E-state index contributed by atoms with van der Waals surface area (Å²) in [5.41, 5.74) is 5.25. The van der Waals surface area contributed by atoms with Crippen LogP contribution < -0.4 is 4.90 Å². The van der Waals surface area contributed by atoms with Crippen molar-refractivity contribution in [3.8, 4) is 11.3 Å². The molecule has 1 heterocycles. The van der Waals surface area contributed by atoms with Crippen LogP contribution in [0.25, 0.3) is 22.2 Å². The average molecular weight is 348 g/mol. The first-order chi connectivity index (χ1) is 12.6. The standard InChI is InChI=1S/C22H24N2O2/c1-24(18-9-5-6-10-18)20-12-15(13-21(25)26)11-17-14-19(23-22(17)20)16-7-3-2-4-8-16/h2-4,7-8,11-12,14,18,23H,5-6,9-10,13H2,1H3,(H,25,26). The summed E-state index contributed by atoms with van der Waals surface area (Å²) in [4.78, 5) is 17.2. The summed E-state index contributed by atoms with van der Waals surface area (Å²) in [6, 6.07) is 16.9. The molecule has 0 spiro atoms. The summed E-state index contributed by atoms with van der Waals surface area (Å²) >= 11 is 0. The molecule has 0 amide bonds. The number of carbonyl (C=O) groups is 1. The normalized spacial score (nSPS) is 14.8. The molecular weight excluding hydrogens is 324 g/mol. The molecule has 0 aliphatic heterocycles. The number of aromatic nitrogens is 1. The van der Waals surface area contributed by atoms with Crippen molar-refractivity contribution < 1.29 is 9.90 Å². The third-order valence-corrected chi connectivity index (χ3v) is 5.46. The van der Waals surface area contributed by atoms with E-state index < -0.39 is 5.97 Å². The first kappa shape index (κ1) is 16.7. The van der Waals surface area contributed by atoms with Crippen molar-refractivity contribution in [1.29, 1.82) is 0 Å². The van der Waals surface area contributed by atoms with Gasteiger partial charge >= 0.3 is 5.97 Å². The fourth-order valence-electron chi connectivity index (χ4n) is 4.10. The summed E-state index contributed by atoms with van der Waals surface area (Å²) in [5, 5.41) is 10.3. The summed E-state index contributed by atoms with van der Waals surface area (Å²) in [6.07, 6.45) is 4.99. The molecule has 1 aromatic heterocycles. The number of fused-ring (bicyclic) bond motifs is 1. The zero-order valence-electron chi connectivity index (χ0n) is 15.0. The van der Waals surface area contributed by atoms with Gasteiger partial charge in [-0.2, -0.15) is 0 Å². The molecule has 0 atom stereocenters. The Kier molecular flexibility index (Phi) is 4.41. The number of carboxylic acids is 1. The van der Waals surface area contributed by atoms with Crippen LogP contribution in [0.5, 0.6) is 0 Å². The Labute approximate surface area is 153 Å². The maximum Gasteiger partial charge on any atom is 0.307 e. The van der Waals surface area contributed by atoms with E-state index in [0.29, 0.717) is 6.04 Å². The highest BCUT2D eigenvalue weighted by Crippen LogP contribution is 2.35. The third kappa shape index (κ3) is 3.19. The van der Waals surface area contributed by atoms with Crippen molar-refractivity contribution in [2.75, 3.05) is 11.9 Å². The lowest BCUT2D eigenvalue weighted by Gasteiger charge is -2.27. The minimum atomic E-state index is -0.794. The van der Waals surface area contributed by atoms with Gasteiger partial charge in [-0.25, -0.2) is 0 Å². The monoisotopic (exact) mass is 348 g/mol. The highest BCUT2D eigenvalue weighted by molar-refractivity contribution is 5.96. The second-order valence-electron chi connectivity index (χ2n) is 7.25. The van der Waals surface area contributed by atoms with Gasteiger partial charge in [0.1, 0.15) is 0 Å². The zero-order chi connectivity index (χ0) is 18.1. The fourth-order valence-corrected chi connectivity index (χ4v) is 4.10. The van der Waals surface area contributed by atoms with Crippen LogP contribution in [0, 0.1) is 0 Å². The molecular formula is C22H24N2O2. The number of hydrogen-bond donors (Lipinski definition) is 2. The SMILES string of the molecule is CN(c1cc(CC(=O)O)cc2cc(-c3ccccc3)[nH]c12)C1CCCC1. The molecule has 0 bridgehead atoms. The number of nitrogens with one attached hydrogen (secondary N) is 1. The van der Waals surface area contributed by atoms with Gasteiger partial charge in [-0.3, -0.25) is 4.79 Å². The molecule has 3 aromatic rings. The minimum Gasteiger partial charge on any atom is -0.481 e. The molecule has 1 fully saturated rings. The van der Waals surface area contributed by atoms with Crippen molar-refractivity contribution in [2.24, 2.45) is 0 Å². The Morgan fingerprint density at radius 1 is 1.15 bits per heavy atom. The number of hydrogen-bond acceptors (Lipinski definition) is 2. The lowest BCUT2D eigenvalue weighted by atomic mass is 10.1. The van der Waals surface area contributed by atoms with Gasteiger partial charge in [0, 0.05) is 24.2 Å². The number of H-pyrrole nitrogens is 1. The van der Waals surface area contributed by atoms with E-state index in [4.69, 9.17) is 0 Å². The van der Waals surface area contributed by atoms with Crippen molar-refractivity contribution in [1.82, 2.24) is 4.98 Å². The first-order valence-corrected chi connectivity index (χ1v) is 9.27.